The highest BCUT2D eigenvalue weighted by Gasteiger charge is 2.36. The molecule has 6 nitrogen and oxygen atoms in total. The SMILES string of the molecule is NC(=O)c1cc(-c2cccnc2[C@H](Cc2cc(F)cc(F)c2)N2CCCC2C(N)=O)ccc1F. The van der Waals surface area contributed by atoms with Gasteiger partial charge in [0.15, 0.2) is 0 Å². The van der Waals surface area contributed by atoms with E-state index < -0.39 is 41.3 Å². The number of amides is 2. The molecular formula is C25H23F3N4O2. The van der Waals surface area contributed by atoms with Crippen molar-refractivity contribution in [2.75, 3.05) is 6.54 Å². The Morgan fingerprint density at radius 2 is 1.79 bits per heavy atom. The fraction of sp³-hybridized carbons (Fsp3) is 0.240. The fourth-order valence-corrected chi connectivity index (χ4v) is 4.60. The van der Waals surface area contributed by atoms with E-state index in [2.05, 4.69) is 4.98 Å². The maximum Gasteiger partial charge on any atom is 0.251 e. The monoisotopic (exact) mass is 468 g/mol. The molecule has 4 rings (SSSR count). The zero-order valence-electron chi connectivity index (χ0n) is 18.2. The summed E-state index contributed by atoms with van der Waals surface area (Å²) in [7, 11) is 0. The summed E-state index contributed by atoms with van der Waals surface area (Å²) in [6.45, 7) is 0.530. The summed E-state index contributed by atoms with van der Waals surface area (Å²) in [5.41, 5.74) is 12.6. The fourth-order valence-electron chi connectivity index (χ4n) is 4.60. The first-order valence-electron chi connectivity index (χ1n) is 10.8. The number of benzene rings is 2. The van der Waals surface area contributed by atoms with Gasteiger partial charge in [0.1, 0.15) is 17.5 Å². The van der Waals surface area contributed by atoms with Crippen LogP contribution in [0.4, 0.5) is 13.2 Å². The van der Waals surface area contributed by atoms with E-state index in [9.17, 15) is 22.8 Å². The van der Waals surface area contributed by atoms with Crippen LogP contribution in [0.1, 0.15) is 40.5 Å². The second-order valence-electron chi connectivity index (χ2n) is 8.29. The summed E-state index contributed by atoms with van der Waals surface area (Å²) in [4.78, 5) is 30.3. The first kappa shape index (κ1) is 23.4. The quantitative estimate of drug-likeness (QED) is 0.554. The summed E-state index contributed by atoms with van der Waals surface area (Å²) in [6.07, 6.45) is 2.97. The number of halogens is 3. The minimum absolute atomic E-state index is 0.145. The van der Waals surface area contributed by atoms with Gasteiger partial charge in [-0.2, -0.15) is 0 Å². The average molecular weight is 468 g/mol. The number of nitrogens with two attached hydrogens (primary N) is 2. The van der Waals surface area contributed by atoms with Crippen molar-refractivity contribution in [3.8, 4) is 11.1 Å². The van der Waals surface area contributed by atoms with Crippen LogP contribution in [0.3, 0.4) is 0 Å². The normalized spacial score (nSPS) is 17.0. The standard InChI is InChI=1S/C25H23F3N4O2/c26-16-9-14(10-17(27)13-16)11-22(32-8-2-4-21(32)25(30)34)23-18(3-1-7-31-23)15-5-6-20(28)19(12-15)24(29)33/h1,3,5-7,9-10,12-13,21-22H,2,4,8,11H2,(H2,29,33)(H2,30,34)/t21?,22-/m0/s1. The topological polar surface area (TPSA) is 102 Å². The van der Waals surface area contributed by atoms with Gasteiger partial charge in [-0.15, -0.1) is 0 Å². The number of aromatic nitrogens is 1. The number of nitrogens with zero attached hydrogens (tertiary/aromatic N) is 2. The van der Waals surface area contributed by atoms with Crippen LogP contribution in [0, 0.1) is 17.5 Å². The largest absolute Gasteiger partial charge is 0.368 e. The lowest BCUT2D eigenvalue weighted by atomic mass is 9.93. The van der Waals surface area contributed by atoms with Crippen LogP contribution in [0.2, 0.25) is 0 Å². The molecule has 9 heteroatoms. The second-order valence-corrected chi connectivity index (χ2v) is 8.29. The van der Waals surface area contributed by atoms with E-state index in [0.29, 0.717) is 41.8 Å². The molecule has 1 aromatic heterocycles. The van der Waals surface area contributed by atoms with Crippen molar-refractivity contribution in [3.05, 3.63) is 89.0 Å². The van der Waals surface area contributed by atoms with Gasteiger partial charge in [0.25, 0.3) is 5.91 Å². The van der Waals surface area contributed by atoms with Gasteiger partial charge < -0.3 is 11.5 Å². The molecule has 1 saturated heterocycles. The molecule has 2 heterocycles. The summed E-state index contributed by atoms with van der Waals surface area (Å²) in [6, 6.07) is 9.52. The van der Waals surface area contributed by atoms with Crippen molar-refractivity contribution in [3.63, 3.8) is 0 Å². The Morgan fingerprint density at radius 3 is 2.47 bits per heavy atom. The Labute approximate surface area is 194 Å². The van der Waals surface area contributed by atoms with Gasteiger partial charge >= 0.3 is 0 Å². The summed E-state index contributed by atoms with van der Waals surface area (Å²) in [5.74, 6) is -3.59. The molecule has 0 bridgehead atoms. The van der Waals surface area contributed by atoms with Gasteiger partial charge in [-0.1, -0.05) is 12.1 Å². The maximum atomic E-state index is 14.1. The predicted molar refractivity (Wildman–Crippen MR) is 120 cm³/mol. The molecule has 34 heavy (non-hydrogen) atoms. The first-order chi connectivity index (χ1) is 16.2. The number of hydrogen-bond acceptors (Lipinski definition) is 4. The molecule has 0 saturated carbocycles. The third-order valence-electron chi connectivity index (χ3n) is 6.07. The minimum atomic E-state index is -0.912. The smallest absolute Gasteiger partial charge is 0.251 e. The van der Waals surface area contributed by atoms with Gasteiger partial charge in [-0.05, 0) is 67.3 Å². The van der Waals surface area contributed by atoms with E-state index in [1.54, 1.807) is 18.3 Å². The maximum absolute atomic E-state index is 14.1. The number of rotatable bonds is 7. The van der Waals surface area contributed by atoms with Gasteiger partial charge in [0, 0.05) is 17.8 Å². The first-order valence-corrected chi connectivity index (χ1v) is 10.8. The van der Waals surface area contributed by atoms with E-state index in [0.717, 1.165) is 12.1 Å². The zero-order valence-corrected chi connectivity index (χ0v) is 18.2. The van der Waals surface area contributed by atoms with Crippen molar-refractivity contribution in [2.24, 2.45) is 11.5 Å². The van der Waals surface area contributed by atoms with Gasteiger partial charge in [-0.25, -0.2) is 13.2 Å². The van der Waals surface area contributed by atoms with Crippen molar-refractivity contribution < 1.29 is 22.8 Å². The zero-order chi connectivity index (χ0) is 24.4. The van der Waals surface area contributed by atoms with Crippen LogP contribution in [0.15, 0.2) is 54.7 Å². The van der Waals surface area contributed by atoms with E-state index in [1.165, 1.54) is 24.3 Å². The molecule has 1 aliphatic heterocycles. The molecule has 0 radical (unpaired) electrons. The van der Waals surface area contributed by atoms with E-state index in [1.807, 2.05) is 4.90 Å². The Morgan fingerprint density at radius 1 is 1.06 bits per heavy atom. The van der Waals surface area contributed by atoms with Crippen LogP contribution in [0.5, 0.6) is 0 Å². The summed E-state index contributed by atoms with van der Waals surface area (Å²) < 4.78 is 42.0. The van der Waals surface area contributed by atoms with Crippen LogP contribution < -0.4 is 11.5 Å². The second kappa shape index (κ2) is 9.64. The average Bonchev–Trinajstić information content (AvgIpc) is 3.27. The molecule has 1 aliphatic rings. The number of pyridine rings is 1. The molecular weight excluding hydrogens is 445 g/mol. The number of primary amides is 2. The Bertz CT molecular complexity index is 1230. The number of carbonyl (C=O) groups is 2. The van der Waals surface area contributed by atoms with Crippen molar-refractivity contribution in [1.29, 1.82) is 0 Å². The Kier molecular flexibility index (Phi) is 6.65. The van der Waals surface area contributed by atoms with Crippen LogP contribution >= 0.6 is 0 Å². The third-order valence-corrected chi connectivity index (χ3v) is 6.07. The van der Waals surface area contributed by atoms with E-state index in [4.69, 9.17) is 11.5 Å². The molecule has 3 aromatic rings. The molecule has 0 aliphatic carbocycles. The van der Waals surface area contributed by atoms with E-state index in [-0.39, 0.29) is 12.0 Å². The van der Waals surface area contributed by atoms with Gasteiger partial charge in [-0.3, -0.25) is 19.5 Å². The molecule has 4 N–H and O–H groups in total. The molecule has 1 unspecified atom stereocenters. The lowest BCUT2D eigenvalue weighted by molar-refractivity contribution is -0.123. The predicted octanol–water partition coefficient (Wildman–Crippen LogP) is 3.50. The Balaban J connectivity index is 1.85. The third kappa shape index (κ3) is 4.79. The van der Waals surface area contributed by atoms with Crippen LogP contribution in [-0.4, -0.2) is 34.3 Å². The van der Waals surface area contributed by atoms with Crippen molar-refractivity contribution >= 4 is 11.8 Å². The van der Waals surface area contributed by atoms with Gasteiger partial charge in [0.05, 0.1) is 23.3 Å². The number of carbonyl (C=O) groups excluding carboxylic acids is 2. The molecule has 0 spiro atoms. The highest BCUT2D eigenvalue weighted by atomic mass is 19.1. The van der Waals surface area contributed by atoms with Crippen molar-refractivity contribution in [2.45, 2.75) is 31.3 Å². The molecule has 2 atom stereocenters. The molecule has 1 fully saturated rings. The molecule has 2 amide bonds. The Hall–Kier alpha value is -3.72. The lowest BCUT2D eigenvalue weighted by Gasteiger charge is -2.32. The van der Waals surface area contributed by atoms with Crippen LogP contribution in [-0.2, 0) is 11.2 Å². The van der Waals surface area contributed by atoms with Gasteiger partial charge in [0.2, 0.25) is 5.91 Å². The number of likely N-dealkylation sites (tertiary alicyclic amines) is 1. The minimum Gasteiger partial charge on any atom is -0.368 e. The highest BCUT2D eigenvalue weighted by Crippen LogP contribution is 2.37. The highest BCUT2D eigenvalue weighted by molar-refractivity contribution is 5.94. The number of hydrogen-bond donors (Lipinski definition) is 2. The summed E-state index contributed by atoms with van der Waals surface area (Å²) >= 11 is 0. The lowest BCUT2D eigenvalue weighted by Crippen LogP contribution is -2.43. The van der Waals surface area contributed by atoms with Crippen LogP contribution in [0.25, 0.3) is 11.1 Å². The molecule has 176 valence electrons. The molecule has 2 aromatic carbocycles. The van der Waals surface area contributed by atoms with E-state index >= 15 is 0 Å². The summed E-state index contributed by atoms with van der Waals surface area (Å²) in [5, 5.41) is 0. The van der Waals surface area contributed by atoms with Crippen molar-refractivity contribution in [1.82, 2.24) is 9.88 Å².